The lowest BCUT2D eigenvalue weighted by Gasteiger charge is -2.45. The van der Waals surface area contributed by atoms with Crippen LogP contribution in [0.4, 0.5) is 0 Å². The SMILES string of the molecule is CC(C)CCN1C(=O)c2cc3sccc3n2C[C@]1(C)C(=O)N[C@@H]1CCCC[C@@H]1C. The van der Waals surface area contributed by atoms with Gasteiger partial charge in [0, 0.05) is 12.6 Å². The first-order valence-corrected chi connectivity index (χ1v) is 11.9. The van der Waals surface area contributed by atoms with Gasteiger partial charge in [-0.15, -0.1) is 11.3 Å². The fourth-order valence-electron chi connectivity index (χ4n) is 4.86. The van der Waals surface area contributed by atoms with Gasteiger partial charge in [0.25, 0.3) is 5.91 Å². The van der Waals surface area contributed by atoms with Crippen molar-refractivity contribution in [2.45, 2.75) is 77.9 Å². The summed E-state index contributed by atoms with van der Waals surface area (Å²) in [5.74, 6) is 0.946. The minimum atomic E-state index is -0.871. The zero-order valence-corrected chi connectivity index (χ0v) is 18.8. The number of hydrogen-bond donors (Lipinski definition) is 1. The van der Waals surface area contributed by atoms with Crippen LogP contribution in [0.15, 0.2) is 17.5 Å². The van der Waals surface area contributed by atoms with E-state index in [1.807, 2.05) is 17.9 Å². The first kappa shape index (κ1) is 20.5. The second kappa shape index (κ2) is 7.78. The molecule has 0 bridgehead atoms. The van der Waals surface area contributed by atoms with Crippen LogP contribution in [-0.2, 0) is 11.3 Å². The predicted molar refractivity (Wildman–Crippen MR) is 118 cm³/mol. The monoisotopic (exact) mass is 415 g/mol. The van der Waals surface area contributed by atoms with Crippen LogP contribution in [0, 0.1) is 11.8 Å². The van der Waals surface area contributed by atoms with Crippen molar-refractivity contribution in [2.75, 3.05) is 6.54 Å². The Morgan fingerprint density at radius 1 is 1.34 bits per heavy atom. The fraction of sp³-hybridized carbons (Fsp3) is 0.652. The first-order valence-electron chi connectivity index (χ1n) is 11.0. The molecule has 0 saturated heterocycles. The second-order valence-electron chi connectivity index (χ2n) is 9.54. The van der Waals surface area contributed by atoms with Crippen molar-refractivity contribution in [1.82, 2.24) is 14.8 Å². The molecule has 1 aliphatic heterocycles. The van der Waals surface area contributed by atoms with E-state index in [2.05, 4.69) is 42.1 Å². The minimum Gasteiger partial charge on any atom is -0.351 e. The molecule has 2 aliphatic rings. The number of amides is 2. The highest BCUT2D eigenvalue weighted by Gasteiger charge is 2.48. The number of carbonyl (C=O) groups is 2. The lowest BCUT2D eigenvalue weighted by Crippen LogP contribution is -2.65. The van der Waals surface area contributed by atoms with E-state index in [-0.39, 0.29) is 17.9 Å². The number of carbonyl (C=O) groups excluding carboxylic acids is 2. The summed E-state index contributed by atoms with van der Waals surface area (Å²) in [6.07, 6.45) is 5.50. The van der Waals surface area contributed by atoms with E-state index in [0.717, 1.165) is 29.5 Å². The topological polar surface area (TPSA) is 54.3 Å². The fourth-order valence-corrected chi connectivity index (χ4v) is 5.69. The van der Waals surface area contributed by atoms with Gasteiger partial charge < -0.3 is 14.8 Å². The molecule has 6 heteroatoms. The van der Waals surface area contributed by atoms with Crippen molar-refractivity contribution in [3.05, 3.63) is 23.2 Å². The maximum absolute atomic E-state index is 13.6. The van der Waals surface area contributed by atoms with Gasteiger partial charge in [-0.05, 0) is 55.5 Å². The van der Waals surface area contributed by atoms with Crippen molar-refractivity contribution in [3.63, 3.8) is 0 Å². The molecule has 1 N–H and O–H groups in total. The maximum atomic E-state index is 13.6. The summed E-state index contributed by atoms with van der Waals surface area (Å²) >= 11 is 1.65. The molecule has 0 unspecified atom stereocenters. The lowest BCUT2D eigenvalue weighted by atomic mass is 9.85. The summed E-state index contributed by atoms with van der Waals surface area (Å²) in [5.41, 5.74) is 0.906. The van der Waals surface area contributed by atoms with Crippen molar-refractivity contribution < 1.29 is 9.59 Å². The zero-order valence-electron chi connectivity index (χ0n) is 18.0. The number of aromatic nitrogens is 1. The number of hydrogen-bond acceptors (Lipinski definition) is 3. The largest absolute Gasteiger partial charge is 0.351 e. The van der Waals surface area contributed by atoms with Gasteiger partial charge in [-0.2, -0.15) is 0 Å². The molecular formula is C23H33N3O2S. The summed E-state index contributed by atoms with van der Waals surface area (Å²) in [4.78, 5) is 29.0. The van der Waals surface area contributed by atoms with Gasteiger partial charge in [0.1, 0.15) is 11.2 Å². The van der Waals surface area contributed by atoms with E-state index < -0.39 is 5.54 Å². The predicted octanol–water partition coefficient (Wildman–Crippen LogP) is 4.66. The molecule has 4 rings (SSSR count). The van der Waals surface area contributed by atoms with Gasteiger partial charge in [0.15, 0.2) is 0 Å². The molecule has 1 saturated carbocycles. The van der Waals surface area contributed by atoms with Gasteiger partial charge >= 0.3 is 0 Å². The van der Waals surface area contributed by atoms with Gasteiger partial charge in [0.05, 0.1) is 16.8 Å². The summed E-state index contributed by atoms with van der Waals surface area (Å²) in [6.45, 7) is 9.63. The molecule has 29 heavy (non-hydrogen) atoms. The Hall–Kier alpha value is -1.82. The van der Waals surface area contributed by atoms with Gasteiger partial charge in [-0.1, -0.05) is 33.6 Å². The van der Waals surface area contributed by atoms with Crippen molar-refractivity contribution in [2.24, 2.45) is 11.8 Å². The van der Waals surface area contributed by atoms with Crippen LogP contribution in [0.3, 0.4) is 0 Å². The Bertz CT molecular complexity index is 915. The number of rotatable bonds is 5. The Morgan fingerprint density at radius 3 is 2.83 bits per heavy atom. The van der Waals surface area contributed by atoms with E-state index in [9.17, 15) is 9.59 Å². The van der Waals surface area contributed by atoms with Crippen LogP contribution in [0.5, 0.6) is 0 Å². The summed E-state index contributed by atoms with van der Waals surface area (Å²) in [5, 5.41) is 5.39. The van der Waals surface area contributed by atoms with E-state index in [1.165, 1.54) is 12.8 Å². The highest BCUT2D eigenvalue weighted by atomic mass is 32.1. The summed E-state index contributed by atoms with van der Waals surface area (Å²) in [7, 11) is 0. The maximum Gasteiger partial charge on any atom is 0.271 e. The van der Waals surface area contributed by atoms with Gasteiger partial charge in [-0.3, -0.25) is 9.59 Å². The van der Waals surface area contributed by atoms with E-state index in [1.54, 1.807) is 11.3 Å². The van der Waals surface area contributed by atoms with Crippen molar-refractivity contribution in [1.29, 1.82) is 0 Å². The molecule has 0 aromatic carbocycles. The molecular weight excluding hydrogens is 382 g/mol. The molecule has 158 valence electrons. The van der Waals surface area contributed by atoms with Crippen molar-refractivity contribution >= 4 is 33.4 Å². The van der Waals surface area contributed by atoms with Crippen LogP contribution in [-0.4, -0.2) is 39.4 Å². The third-order valence-electron chi connectivity index (χ3n) is 6.90. The van der Waals surface area contributed by atoms with E-state index in [4.69, 9.17) is 0 Å². The second-order valence-corrected chi connectivity index (χ2v) is 10.5. The number of nitrogens with zero attached hydrogens (tertiary/aromatic N) is 2. The Balaban J connectivity index is 1.68. The molecule has 0 spiro atoms. The third-order valence-corrected chi connectivity index (χ3v) is 7.75. The van der Waals surface area contributed by atoms with Crippen LogP contribution in [0.1, 0.15) is 70.3 Å². The summed E-state index contributed by atoms with van der Waals surface area (Å²) < 4.78 is 3.17. The van der Waals surface area contributed by atoms with E-state index >= 15 is 0 Å². The molecule has 5 nitrogen and oxygen atoms in total. The van der Waals surface area contributed by atoms with Crippen LogP contribution < -0.4 is 5.32 Å². The Kier molecular flexibility index (Phi) is 5.49. The van der Waals surface area contributed by atoms with Crippen LogP contribution in [0.2, 0.25) is 0 Å². The highest BCUT2D eigenvalue weighted by Crippen LogP contribution is 2.35. The molecule has 2 aromatic rings. The highest BCUT2D eigenvalue weighted by molar-refractivity contribution is 7.17. The van der Waals surface area contributed by atoms with Gasteiger partial charge in [-0.25, -0.2) is 0 Å². The number of thiophene rings is 1. The molecule has 3 heterocycles. The average Bonchev–Trinajstić information content (AvgIpc) is 3.25. The zero-order chi connectivity index (χ0) is 20.8. The lowest BCUT2D eigenvalue weighted by molar-refractivity contribution is -0.134. The quantitative estimate of drug-likeness (QED) is 0.772. The normalized spacial score (nSPS) is 27.5. The molecule has 1 fully saturated rings. The molecule has 3 atom stereocenters. The van der Waals surface area contributed by atoms with Gasteiger partial charge in [0.2, 0.25) is 5.91 Å². The van der Waals surface area contributed by atoms with E-state index in [0.29, 0.717) is 30.6 Å². The molecule has 1 aliphatic carbocycles. The average molecular weight is 416 g/mol. The molecule has 0 radical (unpaired) electrons. The number of fused-ring (bicyclic) bond motifs is 3. The summed E-state index contributed by atoms with van der Waals surface area (Å²) in [6, 6.07) is 4.26. The Labute approximate surface area is 177 Å². The number of nitrogens with one attached hydrogen (secondary N) is 1. The Morgan fingerprint density at radius 2 is 2.10 bits per heavy atom. The minimum absolute atomic E-state index is 0.00362. The molecule has 2 amide bonds. The smallest absolute Gasteiger partial charge is 0.271 e. The standard InChI is InChI=1S/C23H33N3O2S/c1-15(2)9-11-26-21(27)19-13-20-18(10-12-29-20)25(19)14-23(26,4)22(28)24-17-8-6-5-7-16(17)3/h10,12-13,15-17H,5-9,11,14H2,1-4H3,(H,24,28)/t16-,17+,23+/m0/s1. The van der Waals surface area contributed by atoms with Crippen molar-refractivity contribution in [3.8, 4) is 0 Å². The molecule has 2 aromatic heterocycles. The third kappa shape index (κ3) is 3.60. The first-order chi connectivity index (χ1) is 13.8. The van der Waals surface area contributed by atoms with Crippen LogP contribution >= 0.6 is 11.3 Å². The van der Waals surface area contributed by atoms with Crippen LogP contribution in [0.25, 0.3) is 10.2 Å².